The highest BCUT2D eigenvalue weighted by Crippen LogP contribution is 2.19. The Hall–Kier alpha value is -2.17. The van der Waals surface area contributed by atoms with E-state index in [0.717, 1.165) is 44.9 Å². The molecule has 0 bridgehead atoms. The number of hydrogen-bond donors (Lipinski definition) is 0. The first-order chi connectivity index (χ1) is 10.7. The third-order valence-electron chi connectivity index (χ3n) is 3.80. The maximum atomic E-state index is 12.1. The third kappa shape index (κ3) is 4.98. The van der Waals surface area contributed by atoms with E-state index in [2.05, 4.69) is 12.2 Å². The van der Waals surface area contributed by atoms with Crippen molar-refractivity contribution in [3.05, 3.63) is 52.1 Å². The number of hydrogen-bond acceptors (Lipinski definition) is 4. The zero-order valence-electron chi connectivity index (χ0n) is 12.6. The van der Waals surface area contributed by atoms with Crippen molar-refractivity contribution < 1.29 is 14.5 Å². The minimum Gasteiger partial charge on any atom is -0.459 e. The molecule has 1 aliphatic rings. The lowest BCUT2D eigenvalue weighted by Crippen LogP contribution is -2.18. The predicted octanol–water partition coefficient (Wildman–Crippen LogP) is 4.42. The minimum absolute atomic E-state index is 0.0259. The molecule has 5 heteroatoms. The standard InChI is InChI=1S/C17H21NO4/c19-17(14-10-12-15(13-11-14)18(20)21)22-16-8-6-4-2-1-3-5-7-9-16/h1-2,10-13,16H,3-9H2/b2-1-. The number of non-ortho nitro benzene ring substituents is 1. The number of nitro groups is 1. The fourth-order valence-corrected chi connectivity index (χ4v) is 2.53. The molecule has 1 aromatic rings. The normalized spacial score (nSPS) is 20.8. The molecule has 0 N–H and O–H groups in total. The number of carbonyl (C=O) groups is 1. The van der Waals surface area contributed by atoms with Crippen LogP contribution in [-0.4, -0.2) is 17.0 Å². The Bertz CT molecular complexity index is 536. The largest absolute Gasteiger partial charge is 0.459 e. The van der Waals surface area contributed by atoms with Crippen LogP contribution in [0.15, 0.2) is 36.4 Å². The summed E-state index contributed by atoms with van der Waals surface area (Å²) in [5.41, 5.74) is 0.338. The number of nitro benzene ring substituents is 1. The summed E-state index contributed by atoms with van der Waals surface area (Å²) in [5, 5.41) is 10.6. The highest BCUT2D eigenvalue weighted by Gasteiger charge is 2.17. The van der Waals surface area contributed by atoms with E-state index in [0.29, 0.717) is 5.56 Å². The molecular formula is C17H21NO4. The lowest BCUT2D eigenvalue weighted by molar-refractivity contribution is -0.384. The van der Waals surface area contributed by atoms with Gasteiger partial charge in [0.2, 0.25) is 0 Å². The van der Waals surface area contributed by atoms with Gasteiger partial charge in [-0.25, -0.2) is 4.79 Å². The van der Waals surface area contributed by atoms with Gasteiger partial charge < -0.3 is 4.74 Å². The van der Waals surface area contributed by atoms with Crippen LogP contribution in [0.5, 0.6) is 0 Å². The number of carbonyl (C=O) groups excluding carboxylic acids is 1. The van der Waals surface area contributed by atoms with Gasteiger partial charge in [-0.05, 0) is 57.1 Å². The second-order valence-corrected chi connectivity index (χ2v) is 5.52. The fourth-order valence-electron chi connectivity index (χ4n) is 2.53. The van der Waals surface area contributed by atoms with E-state index in [1.165, 1.54) is 24.3 Å². The number of nitrogens with zero attached hydrogens (tertiary/aromatic N) is 1. The van der Waals surface area contributed by atoms with Crippen molar-refractivity contribution in [2.45, 2.75) is 51.0 Å². The van der Waals surface area contributed by atoms with Crippen LogP contribution in [-0.2, 0) is 4.74 Å². The fraction of sp³-hybridized carbons (Fsp3) is 0.471. The average molecular weight is 303 g/mol. The Morgan fingerprint density at radius 3 is 2.36 bits per heavy atom. The highest BCUT2D eigenvalue weighted by atomic mass is 16.6. The summed E-state index contributed by atoms with van der Waals surface area (Å²) in [4.78, 5) is 22.3. The Labute approximate surface area is 130 Å². The molecule has 0 saturated heterocycles. The van der Waals surface area contributed by atoms with Gasteiger partial charge in [-0.1, -0.05) is 12.2 Å². The molecule has 1 aromatic carbocycles. The zero-order valence-corrected chi connectivity index (χ0v) is 12.6. The molecule has 118 valence electrons. The van der Waals surface area contributed by atoms with E-state index in [4.69, 9.17) is 4.74 Å². The number of esters is 1. The Morgan fingerprint density at radius 1 is 1.05 bits per heavy atom. The van der Waals surface area contributed by atoms with Crippen molar-refractivity contribution in [2.75, 3.05) is 0 Å². The molecule has 0 amide bonds. The molecule has 0 heterocycles. The second kappa shape index (κ2) is 8.32. The zero-order chi connectivity index (χ0) is 15.8. The lowest BCUT2D eigenvalue weighted by Gasteiger charge is -2.18. The quantitative estimate of drug-likeness (QED) is 0.359. The average Bonchev–Trinajstić information content (AvgIpc) is 2.53. The third-order valence-corrected chi connectivity index (χ3v) is 3.80. The number of allylic oxidation sites excluding steroid dienone is 2. The Kier molecular flexibility index (Phi) is 6.13. The molecule has 0 saturated carbocycles. The maximum absolute atomic E-state index is 12.1. The van der Waals surface area contributed by atoms with Crippen LogP contribution in [0.4, 0.5) is 5.69 Å². The number of ether oxygens (including phenoxy) is 1. The first-order valence-corrected chi connectivity index (χ1v) is 7.77. The smallest absolute Gasteiger partial charge is 0.338 e. The summed E-state index contributed by atoms with van der Waals surface area (Å²) >= 11 is 0. The van der Waals surface area contributed by atoms with Gasteiger partial charge in [0.25, 0.3) is 5.69 Å². The van der Waals surface area contributed by atoms with E-state index in [-0.39, 0.29) is 11.8 Å². The van der Waals surface area contributed by atoms with E-state index >= 15 is 0 Å². The van der Waals surface area contributed by atoms with Crippen molar-refractivity contribution in [1.29, 1.82) is 0 Å². The van der Waals surface area contributed by atoms with Gasteiger partial charge >= 0.3 is 5.97 Å². The van der Waals surface area contributed by atoms with Crippen LogP contribution in [0.1, 0.15) is 55.3 Å². The molecule has 0 aromatic heterocycles. The summed E-state index contributed by atoms with van der Waals surface area (Å²) in [6.07, 6.45) is 11.4. The molecule has 0 spiro atoms. The van der Waals surface area contributed by atoms with Gasteiger partial charge in [0.15, 0.2) is 0 Å². The highest BCUT2D eigenvalue weighted by molar-refractivity contribution is 5.89. The van der Waals surface area contributed by atoms with Crippen molar-refractivity contribution in [1.82, 2.24) is 0 Å². The molecular weight excluding hydrogens is 282 g/mol. The van der Waals surface area contributed by atoms with Gasteiger partial charge in [-0.15, -0.1) is 0 Å². The first-order valence-electron chi connectivity index (χ1n) is 7.77. The van der Waals surface area contributed by atoms with Gasteiger partial charge in [0, 0.05) is 12.1 Å². The van der Waals surface area contributed by atoms with Crippen LogP contribution in [0.2, 0.25) is 0 Å². The summed E-state index contributed by atoms with van der Waals surface area (Å²) in [5.74, 6) is -0.396. The van der Waals surface area contributed by atoms with Crippen LogP contribution < -0.4 is 0 Å². The molecule has 2 rings (SSSR count). The van der Waals surface area contributed by atoms with Crippen LogP contribution in [0, 0.1) is 10.1 Å². The van der Waals surface area contributed by atoms with Gasteiger partial charge in [-0.3, -0.25) is 10.1 Å². The lowest BCUT2D eigenvalue weighted by atomic mass is 10.0. The maximum Gasteiger partial charge on any atom is 0.338 e. The SMILES string of the molecule is O=C(OC1CCC/C=C\CCCC1)c1ccc([N+](=O)[O-])cc1. The number of rotatable bonds is 3. The van der Waals surface area contributed by atoms with E-state index < -0.39 is 10.9 Å². The Morgan fingerprint density at radius 2 is 1.68 bits per heavy atom. The molecule has 22 heavy (non-hydrogen) atoms. The molecule has 5 nitrogen and oxygen atoms in total. The van der Waals surface area contributed by atoms with Gasteiger partial charge in [0.1, 0.15) is 6.10 Å². The van der Waals surface area contributed by atoms with Crippen LogP contribution >= 0.6 is 0 Å². The summed E-state index contributed by atoms with van der Waals surface area (Å²) in [7, 11) is 0. The first kappa shape index (κ1) is 16.2. The monoisotopic (exact) mass is 303 g/mol. The minimum atomic E-state index is -0.482. The molecule has 0 fully saturated rings. The molecule has 1 unspecified atom stereocenters. The number of benzene rings is 1. The summed E-state index contributed by atoms with van der Waals surface area (Å²) < 4.78 is 5.58. The summed E-state index contributed by atoms with van der Waals surface area (Å²) in [6, 6.07) is 5.55. The molecule has 0 radical (unpaired) electrons. The molecule has 1 aliphatic carbocycles. The van der Waals surface area contributed by atoms with Crippen molar-refractivity contribution >= 4 is 11.7 Å². The second-order valence-electron chi connectivity index (χ2n) is 5.52. The van der Waals surface area contributed by atoms with Crippen molar-refractivity contribution in [2.24, 2.45) is 0 Å². The van der Waals surface area contributed by atoms with Gasteiger partial charge in [0.05, 0.1) is 10.5 Å². The van der Waals surface area contributed by atoms with E-state index in [9.17, 15) is 14.9 Å². The topological polar surface area (TPSA) is 69.4 Å². The summed E-state index contributed by atoms with van der Waals surface area (Å²) in [6.45, 7) is 0. The van der Waals surface area contributed by atoms with E-state index in [1.807, 2.05) is 0 Å². The molecule has 1 atom stereocenters. The van der Waals surface area contributed by atoms with Crippen LogP contribution in [0.3, 0.4) is 0 Å². The van der Waals surface area contributed by atoms with Crippen molar-refractivity contribution in [3.8, 4) is 0 Å². The Balaban J connectivity index is 1.93. The van der Waals surface area contributed by atoms with Crippen molar-refractivity contribution in [3.63, 3.8) is 0 Å². The van der Waals surface area contributed by atoms with Gasteiger partial charge in [-0.2, -0.15) is 0 Å². The molecule has 0 aliphatic heterocycles. The predicted molar refractivity (Wildman–Crippen MR) is 83.8 cm³/mol. The van der Waals surface area contributed by atoms with E-state index in [1.54, 1.807) is 0 Å². The van der Waals surface area contributed by atoms with Crippen LogP contribution in [0.25, 0.3) is 0 Å².